The fraction of sp³-hybridized carbons (Fsp3) is 0.333. The van der Waals surface area contributed by atoms with Crippen LogP contribution in [0.2, 0.25) is 0 Å². The summed E-state index contributed by atoms with van der Waals surface area (Å²) in [5.74, 6) is -1.31. The van der Waals surface area contributed by atoms with E-state index in [1.165, 1.54) is 6.07 Å². The van der Waals surface area contributed by atoms with Crippen LogP contribution in [0.3, 0.4) is 0 Å². The van der Waals surface area contributed by atoms with E-state index in [2.05, 4.69) is 9.72 Å². The molecule has 0 spiro atoms. The normalized spacial score (nSPS) is 9.86. The van der Waals surface area contributed by atoms with Crippen molar-refractivity contribution < 1.29 is 13.9 Å². The molecule has 0 bridgehead atoms. The van der Waals surface area contributed by atoms with Gasteiger partial charge in [0.25, 0.3) is 5.56 Å². The Morgan fingerprint density at radius 3 is 2.86 bits per heavy atom. The molecular weight excluding hydrogens is 189 g/mol. The maximum absolute atomic E-state index is 12.5. The molecule has 0 aliphatic heterocycles. The lowest BCUT2D eigenvalue weighted by Gasteiger charge is -2.01. The molecule has 1 heterocycles. The number of aromatic amines is 1. The van der Waals surface area contributed by atoms with Crippen LogP contribution in [0, 0.1) is 5.82 Å². The highest BCUT2D eigenvalue weighted by atomic mass is 19.1. The first-order chi connectivity index (χ1) is 6.63. The average molecular weight is 199 g/mol. The zero-order valence-corrected chi connectivity index (χ0v) is 7.67. The van der Waals surface area contributed by atoms with Gasteiger partial charge in [-0.05, 0) is 19.1 Å². The van der Waals surface area contributed by atoms with E-state index in [9.17, 15) is 14.0 Å². The Morgan fingerprint density at radius 2 is 2.29 bits per heavy atom. The van der Waals surface area contributed by atoms with Crippen LogP contribution in [0.25, 0.3) is 0 Å². The topological polar surface area (TPSA) is 59.2 Å². The Balaban J connectivity index is 2.73. The number of H-pyrrole nitrogens is 1. The number of pyridine rings is 1. The zero-order valence-electron chi connectivity index (χ0n) is 7.67. The maximum Gasteiger partial charge on any atom is 0.311 e. The van der Waals surface area contributed by atoms with E-state index in [1.54, 1.807) is 6.92 Å². The highest BCUT2D eigenvalue weighted by Crippen LogP contribution is 1.96. The van der Waals surface area contributed by atoms with Crippen molar-refractivity contribution in [3.05, 3.63) is 34.0 Å². The van der Waals surface area contributed by atoms with Crippen molar-refractivity contribution in [1.29, 1.82) is 0 Å². The van der Waals surface area contributed by atoms with E-state index in [0.717, 1.165) is 6.07 Å². The summed E-state index contributed by atoms with van der Waals surface area (Å²) in [6.07, 6.45) is -0.0522. The first-order valence-corrected chi connectivity index (χ1v) is 4.16. The molecule has 0 amide bonds. The van der Waals surface area contributed by atoms with Gasteiger partial charge in [-0.3, -0.25) is 9.59 Å². The van der Waals surface area contributed by atoms with Crippen molar-refractivity contribution in [1.82, 2.24) is 4.98 Å². The van der Waals surface area contributed by atoms with Gasteiger partial charge in [0.2, 0.25) is 0 Å². The quantitative estimate of drug-likeness (QED) is 0.726. The van der Waals surface area contributed by atoms with E-state index < -0.39 is 17.3 Å². The molecule has 1 N–H and O–H groups in total. The maximum atomic E-state index is 12.5. The molecule has 1 aromatic heterocycles. The molecule has 0 aromatic carbocycles. The Kier molecular flexibility index (Phi) is 3.39. The summed E-state index contributed by atoms with van der Waals surface area (Å²) in [6.45, 7) is 1.97. The van der Waals surface area contributed by atoms with Gasteiger partial charge in [0.1, 0.15) is 0 Å². The summed E-state index contributed by atoms with van der Waals surface area (Å²) >= 11 is 0. The summed E-state index contributed by atoms with van der Waals surface area (Å²) in [5.41, 5.74) is -0.485. The first-order valence-electron chi connectivity index (χ1n) is 4.16. The number of halogens is 1. The largest absolute Gasteiger partial charge is 0.466 e. The van der Waals surface area contributed by atoms with Crippen LogP contribution in [-0.4, -0.2) is 17.6 Å². The van der Waals surface area contributed by atoms with Gasteiger partial charge in [0, 0.05) is 5.69 Å². The number of hydrogen-bond acceptors (Lipinski definition) is 3. The summed E-state index contributed by atoms with van der Waals surface area (Å²) in [5, 5.41) is 0. The van der Waals surface area contributed by atoms with Crippen molar-refractivity contribution in [2.24, 2.45) is 0 Å². The standard InChI is InChI=1S/C9H10FNO3/c1-2-14-8(12)5-6-3-4-7(10)9(13)11-6/h3-4H,2,5H2,1H3,(H,11,13). The molecule has 0 atom stereocenters. The Bertz CT molecular complexity index is 386. The Morgan fingerprint density at radius 1 is 1.57 bits per heavy atom. The minimum Gasteiger partial charge on any atom is -0.466 e. The second kappa shape index (κ2) is 4.55. The van der Waals surface area contributed by atoms with Crippen molar-refractivity contribution in [3.8, 4) is 0 Å². The number of hydrogen-bond donors (Lipinski definition) is 1. The average Bonchev–Trinajstić information content (AvgIpc) is 2.12. The van der Waals surface area contributed by atoms with Gasteiger partial charge in [-0.15, -0.1) is 0 Å². The fourth-order valence-corrected chi connectivity index (χ4v) is 0.967. The summed E-state index contributed by atoms with van der Waals surface area (Å²) < 4.78 is 17.2. The molecule has 14 heavy (non-hydrogen) atoms. The van der Waals surface area contributed by atoms with Crippen molar-refractivity contribution in [3.63, 3.8) is 0 Å². The number of nitrogens with one attached hydrogen (secondary N) is 1. The smallest absolute Gasteiger partial charge is 0.311 e. The van der Waals surface area contributed by atoms with Gasteiger partial charge < -0.3 is 9.72 Å². The van der Waals surface area contributed by atoms with Gasteiger partial charge in [-0.25, -0.2) is 4.39 Å². The number of esters is 1. The molecule has 0 fully saturated rings. The summed E-state index contributed by atoms with van der Waals surface area (Å²) in [4.78, 5) is 24.0. The van der Waals surface area contributed by atoms with Crippen molar-refractivity contribution in [2.75, 3.05) is 6.61 Å². The number of rotatable bonds is 3. The third-order valence-corrected chi connectivity index (χ3v) is 1.56. The minimum absolute atomic E-state index is 0.0522. The van der Waals surface area contributed by atoms with Gasteiger partial charge >= 0.3 is 5.97 Å². The first kappa shape index (κ1) is 10.4. The molecule has 0 aliphatic carbocycles. The minimum atomic E-state index is -0.863. The molecule has 0 unspecified atom stereocenters. The predicted octanol–water partition coefficient (Wildman–Crippen LogP) is 0.620. The predicted molar refractivity (Wildman–Crippen MR) is 47.4 cm³/mol. The van der Waals surface area contributed by atoms with Crippen LogP contribution in [0.5, 0.6) is 0 Å². The van der Waals surface area contributed by atoms with E-state index in [-0.39, 0.29) is 13.0 Å². The van der Waals surface area contributed by atoms with Crippen molar-refractivity contribution in [2.45, 2.75) is 13.3 Å². The lowest BCUT2D eigenvalue weighted by Crippen LogP contribution is -2.16. The fourth-order valence-electron chi connectivity index (χ4n) is 0.967. The molecule has 0 saturated carbocycles. The third kappa shape index (κ3) is 2.69. The molecule has 4 nitrogen and oxygen atoms in total. The highest BCUT2D eigenvalue weighted by molar-refractivity contribution is 5.71. The molecule has 1 aromatic rings. The van der Waals surface area contributed by atoms with Crippen LogP contribution in [-0.2, 0) is 16.0 Å². The van der Waals surface area contributed by atoms with Crippen LogP contribution < -0.4 is 5.56 Å². The zero-order chi connectivity index (χ0) is 10.6. The number of aromatic nitrogens is 1. The summed E-state index contributed by atoms with van der Waals surface area (Å²) in [6, 6.07) is 2.36. The summed E-state index contributed by atoms with van der Waals surface area (Å²) in [7, 11) is 0. The van der Waals surface area contributed by atoms with E-state index in [4.69, 9.17) is 0 Å². The van der Waals surface area contributed by atoms with Crippen LogP contribution in [0.4, 0.5) is 4.39 Å². The van der Waals surface area contributed by atoms with Gasteiger partial charge in [-0.1, -0.05) is 0 Å². The number of carbonyl (C=O) groups is 1. The second-order valence-electron chi connectivity index (χ2n) is 2.64. The Hall–Kier alpha value is -1.65. The second-order valence-corrected chi connectivity index (χ2v) is 2.64. The SMILES string of the molecule is CCOC(=O)Cc1ccc(F)c(=O)[nH]1. The Labute approximate surface area is 79.7 Å². The van der Waals surface area contributed by atoms with E-state index in [1.807, 2.05) is 0 Å². The monoisotopic (exact) mass is 199 g/mol. The van der Waals surface area contributed by atoms with Crippen LogP contribution in [0.1, 0.15) is 12.6 Å². The lowest BCUT2D eigenvalue weighted by molar-refractivity contribution is -0.142. The molecule has 5 heteroatoms. The molecule has 0 radical (unpaired) electrons. The van der Waals surface area contributed by atoms with E-state index >= 15 is 0 Å². The van der Waals surface area contributed by atoms with Gasteiger partial charge in [0.05, 0.1) is 13.0 Å². The molecule has 0 aliphatic rings. The van der Waals surface area contributed by atoms with Crippen molar-refractivity contribution >= 4 is 5.97 Å². The highest BCUT2D eigenvalue weighted by Gasteiger charge is 2.05. The number of carbonyl (C=O) groups excluding carboxylic acids is 1. The van der Waals surface area contributed by atoms with Crippen LogP contribution >= 0.6 is 0 Å². The molecular formula is C9H10FNO3. The van der Waals surface area contributed by atoms with Gasteiger partial charge in [0.15, 0.2) is 5.82 Å². The number of ether oxygens (including phenoxy) is 1. The van der Waals surface area contributed by atoms with Crippen LogP contribution in [0.15, 0.2) is 16.9 Å². The molecule has 76 valence electrons. The molecule has 1 rings (SSSR count). The van der Waals surface area contributed by atoms with Gasteiger partial charge in [-0.2, -0.15) is 0 Å². The lowest BCUT2D eigenvalue weighted by atomic mass is 10.3. The molecule has 0 saturated heterocycles. The third-order valence-electron chi connectivity index (χ3n) is 1.56. The van der Waals surface area contributed by atoms with E-state index in [0.29, 0.717) is 5.69 Å².